The fourth-order valence-corrected chi connectivity index (χ4v) is 3.08. The van der Waals surface area contributed by atoms with Gasteiger partial charge >= 0.3 is 6.18 Å². The summed E-state index contributed by atoms with van der Waals surface area (Å²) in [5.41, 5.74) is -2.72. The van der Waals surface area contributed by atoms with Crippen molar-refractivity contribution in [3.8, 4) is 0 Å². The van der Waals surface area contributed by atoms with Crippen LogP contribution in [0, 0.1) is 15.2 Å². The summed E-state index contributed by atoms with van der Waals surface area (Å²) in [5.74, 6) is -3.31. The van der Waals surface area contributed by atoms with Crippen LogP contribution in [0.5, 0.6) is 0 Å². The molecule has 2 aromatic rings. The van der Waals surface area contributed by atoms with Crippen molar-refractivity contribution in [3.63, 3.8) is 0 Å². The van der Waals surface area contributed by atoms with E-state index in [4.69, 9.17) is 0 Å². The van der Waals surface area contributed by atoms with Gasteiger partial charge in [0, 0.05) is 9.64 Å². The van der Waals surface area contributed by atoms with E-state index in [0.29, 0.717) is 0 Å². The smallest absolute Gasteiger partial charge is 0.277 e. The number of nitrogens with one attached hydrogen (secondary N) is 1. The second-order valence-corrected chi connectivity index (χ2v) is 7.30. The molecule has 2 aromatic carbocycles. The van der Waals surface area contributed by atoms with Gasteiger partial charge in [0.15, 0.2) is 0 Å². The van der Waals surface area contributed by atoms with E-state index < -0.39 is 39.1 Å². The fourth-order valence-electron chi connectivity index (χ4n) is 1.66. The average Bonchev–Trinajstić information content (AvgIpc) is 2.41. The number of hydrogen-bond donors (Lipinski definition) is 1. The van der Waals surface area contributed by atoms with Crippen molar-refractivity contribution < 1.29 is 30.4 Å². The van der Waals surface area contributed by atoms with E-state index in [2.05, 4.69) is 0 Å². The molecular weight excluding hydrogens is 456 g/mol. The second-order valence-electron chi connectivity index (χ2n) is 4.37. The Bertz CT molecular complexity index is 835. The van der Waals surface area contributed by atoms with Gasteiger partial charge in [-0.2, -0.15) is 13.2 Å². The zero-order chi connectivity index (χ0) is 17.4. The van der Waals surface area contributed by atoms with Crippen LogP contribution in [0.25, 0.3) is 0 Å². The topological polar surface area (TPSA) is 46.2 Å². The Labute approximate surface area is 141 Å². The van der Waals surface area contributed by atoms with E-state index in [-0.39, 0.29) is 17.0 Å². The Kier molecular flexibility index (Phi) is 4.85. The van der Waals surface area contributed by atoms with Crippen molar-refractivity contribution in [1.29, 1.82) is 0 Å². The minimum Gasteiger partial charge on any atom is -0.277 e. The summed E-state index contributed by atoms with van der Waals surface area (Å²) in [4.78, 5) is -0.238. The maximum atomic E-state index is 13.7. The van der Waals surface area contributed by atoms with Crippen LogP contribution in [-0.2, 0) is 16.2 Å². The quantitative estimate of drug-likeness (QED) is 0.543. The summed E-state index contributed by atoms with van der Waals surface area (Å²) in [5, 5.41) is 0. The number of benzene rings is 2. The minimum absolute atomic E-state index is 0.0961. The van der Waals surface area contributed by atoms with Crippen LogP contribution >= 0.6 is 22.6 Å². The molecule has 3 nitrogen and oxygen atoms in total. The van der Waals surface area contributed by atoms with E-state index in [1.807, 2.05) is 22.6 Å². The van der Waals surface area contributed by atoms with Crippen LogP contribution in [0.15, 0.2) is 41.3 Å². The molecule has 0 atom stereocenters. The first-order chi connectivity index (χ1) is 10.5. The fraction of sp³-hybridized carbons (Fsp3) is 0.0769. The number of alkyl halides is 3. The Morgan fingerprint density at radius 3 is 2.04 bits per heavy atom. The molecule has 2 rings (SSSR count). The molecule has 0 aliphatic heterocycles. The van der Waals surface area contributed by atoms with E-state index in [9.17, 15) is 30.4 Å². The van der Waals surface area contributed by atoms with Crippen molar-refractivity contribution >= 4 is 38.3 Å². The molecule has 0 aromatic heterocycles. The normalized spacial score (nSPS) is 12.3. The van der Waals surface area contributed by atoms with E-state index >= 15 is 0 Å². The van der Waals surface area contributed by atoms with Gasteiger partial charge in [-0.25, -0.2) is 17.2 Å². The van der Waals surface area contributed by atoms with Crippen LogP contribution in [-0.4, -0.2) is 8.42 Å². The lowest BCUT2D eigenvalue weighted by atomic mass is 10.2. The lowest BCUT2D eigenvalue weighted by molar-refractivity contribution is -0.140. The molecule has 0 fully saturated rings. The summed E-state index contributed by atoms with van der Waals surface area (Å²) in [6.07, 6.45) is -5.08. The van der Waals surface area contributed by atoms with Gasteiger partial charge in [-0.15, -0.1) is 0 Å². The van der Waals surface area contributed by atoms with Crippen LogP contribution in [0.4, 0.5) is 27.6 Å². The van der Waals surface area contributed by atoms with Crippen LogP contribution in [0.2, 0.25) is 0 Å². The molecule has 0 unspecified atom stereocenters. The Morgan fingerprint density at radius 2 is 1.52 bits per heavy atom. The van der Waals surface area contributed by atoms with Crippen LogP contribution in [0.1, 0.15) is 5.56 Å². The first kappa shape index (κ1) is 17.9. The third-order valence-electron chi connectivity index (χ3n) is 2.73. The number of rotatable bonds is 3. The zero-order valence-corrected chi connectivity index (χ0v) is 13.9. The summed E-state index contributed by atoms with van der Waals surface area (Å²) in [7, 11) is -4.26. The first-order valence-electron chi connectivity index (χ1n) is 5.85. The molecular formula is C13H7F5INO2S. The number of halogens is 6. The summed E-state index contributed by atoms with van der Waals surface area (Å²) < 4.78 is 91.0. The number of hydrogen-bond acceptors (Lipinski definition) is 2. The highest BCUT2D eigenvalue weighted by Gasteiger charge is 2.35. The summed E-state index contributed by atoms with van der Waals surface area (Å²) in [6, 6.07) is 5.45. The van der Waals surface area contributed by atoms with E-state index in [0.717, 1.165) is 3.57 Å². The zero-order valence-electron chi connectivity index (χ0n) is 11.0. The van der Waals surface area contributed by atoms with Gasteiger partial charge in [-0.1, -0.05) is 0 Å². The lowest BCUT2D eigenvalue weighted by Crippen LogP contribution is -2.16. The van der Waals surface area contributed by atoms with Gasteiger partial charge in [-0.3, -0.25) is 4.72 Å². The largest absolute Gasteiger partial charge is 0.419 e. The van der Waals surface area contributed by atoms with E-state index in [1.165, 1.54) is 24.3 Å². The maximum Gasteiger partial charge on any atom is 0.419 e. The molecule has 10 heteroatoms. The third kappa shape index (κ3) is 4.10. The highest BCUT2D eigenvalue weighted by Crippen LogP contribution is 2.34. The van der Waals surface area contributed by atoms with Crippen molar-refractivity contribution in [2.75, 3.05) is 4.72 Å². The lowest BCUT2D eigenvalue weighted by Gasteiger charge is -2.12. The predicted molar refractivity (Wildman–Crippen MR) is 81.3 cm³/mol. The van der Waals surface area contributed by atoms with Gasteiger partial charge in [0.1, 0.15) is 11.6 Å². The molecule has 124 valence electrons. The predicted octanol–water partition coefficient (Wildman–Crippen LogP) is 4.39. The Morgan fingerprint density at radius 1 is 0.957 bits per heavy atom. The molecule has 1 N–H and O–H groups in total. The maximum absolute atomic E-state index is 13.7. The van der Waals surface area contributed by atoms with Gasteiger partial charge in [0.2, 0.25) is 0 Å². The van der Waals surface area contributed by atoms with Crippen molar-refractivity contribution in [2.24, 2.45) is 0 Å². The van der Waals surface area contributed by atoms with Gasteiger partial charge < -0.3 is 0 Å². The SMILES string of the molecule is O=S(=O)(Nc1cc(F)c(C(F)(F)F)cc1F)c1ccc(I)cc1. The van der Waals surface area contributed by atoms with Crippen LogP contribution in [0.3, 0.4) is 0 Å². The number of sulfonamides is 1. The monoisotopic (exact) mass is 463 g/mol. The molecule has 0 aliphatic carbocycles. The molecule has 0 radical (unpaired) electrons. The van der Waals surface area contributed by atoms with Gasteiger partial charge in [0.25, 0.3) is 10.0 Å². The molecule has 23 heavy (non-hydrogen) atoms. The summed E-state index contributed by atoms with van der Waals surface area (Å²) in [6.45, 7) is 0. The molecule has 0 aliphatic rings. The number of anilines is 1. The molecule has 0 heterocycles. The molecule has 0 saturated carbocycles. The van der Waals surface area contributed by atoms with Gasteiger partial charge in [-0.05, 0) is 52.9 Å². The second kappa shape index (κ2) is 6.23. The van der Waals surface area contributed by atoms with Crippen molar-refractivity contribution in [1.82, 2.24) is 0 Å². The van der Waals surface area contributed by atoms with Gasteiger partial charge in [0.05, 0.1) is 16.1 Å². The summed E-state index contributed by atoms with van der Waals surface area (Å²) >= 11 is 1.94. The standard InChI is InChI=1S/C13H7F5INO2S/c14-10-6-12(11(15)5-9(10)13(16,17)18)20-23(21,22)8-3-1-7(19)2-4-8/h1-6,20H. The van der Waals surface area contributed by atoms with Crippen molar-refractivity contribution in [2.45, 2.75) is 11.1 Å². The Hall–Kier alpha value is -1.43. The highest BCUT2D eigenvalue weighted by molar-refractivity contribution is 14.1. The Balaban J connectivity index is 2.40. The molecule has 0 bridgehead atoms. The minimum atomic E-state index is -5.08. The third-order valence-corrected chi connectivity index (χ3v) is 4.83. The molecule has 0 amide bonds. The van der Waals surface area contributed by atoms with Crippen molar-refractivity contribution in [3.05, 3.63) is 57.2 Å². The first-order valence-corrected chi connectivity index (χ1v) is 8.41. The molecule has 0 spiro atoms. The average molecular weight is 463 g/mol. The van der Waals surface area contributed by atoms with E-state index in [1.54, 1.807) is 4.72 Å². The highest BCUT2D eigenvalue weighted by atomic mass is 127. The van der Waals surface area contributed by atoms with Crippen LogP contribution < -0.4 is 4.72 Å². The molecule has 0 saturated heterocycles.